The van der Waals surface area contributed by atoms with Crippen LogP contribution in [0.25, 0.3) is 0 Å². The first kappa shape index (κ1) is 19.7. The Labute approximate surface area is 129 Å². The summed E-state index contributed by atoms with van der Waals surface area (Å²) in [5, 5.41) is 0. The van der Waals surface area contributed by atoms with Crippen molar-refractivity contribution >= 4 is 0 Å². The molecular weight excluding hydrogens is 240 g/mol. The Morgan fingerprint density at radius 2 is 1.10 bits per heavy atom. The summed E-state index contributed by atoms with van der Waals surface area (Å²) in [6.45, 7) is 10.9. The Bertz CT molecular complexity index is 192. The molecule has 1 unspecified atom stereocenters. The minimum atomic E-state index is 0.886. The molecule has 0 spiro atoms. The highest BCUT2D eigenvalue weighted by Gasteiger charge is 2.02. The molecule has 0 bridgehead atoms. The smallest absolute Gasteiger partial charge is 0.0353 e. The Balaban J connectivity index is 3.15. The normalized spacial score (nSPS) is 12.8. The quantitative estimate of drug-likeness (QED) is 0.215. The van der Waals surface area contributed by atoms with Crippen LogP contribution in [-0.2, 0) is 0 Å². The first-order valence-electron chi connectivity index (χ1n) is 9.27. The van der Waals surface area contributed by atoms with Crippen molar-refractivity contribution in [3.8, 4) is 0 Å². The largest absolute Gasteiger partial charge is 0.103 e. The Morgan fingerprint density at radius 3 is 1.65 bits per heavy atom. The van der Waals surface area contributed by atoms with Crippen LogP contribution in [0, 0.1) is 11.8 Å². The van der Waals surface area contributed by atoms with E-state index in [1.807, 2.05) is 6.08 Å². The fraction of sp³-hybridized carbons (Fsp3) is 0.900. The third kappa shape index (κ3) is 15.8. The van der Waals surface area contributed by atoms with E-state index in [9.17, 15) is 0 Å². The van der Waals surface area contributed by atoms with E-state index in [0.29, 0.717) is 0 Å². The molecule has 0 rings (SSSR count). The fourth-order valence-corrected chi connectivity index (χ4v) is 2.86. The topological polar surface area (TPSA) is 0 Å². The van der Waals surface area contributed by atoms with Gasteiger partial charge in [0.05, 0.1) is 0 Å². The maximum atomic E-state index is 3.77. The molecule has 0 nitrogen and oxygen atoms in total. The average Bonchev–Trinajstić information content (AvgIpc) is 2.41. The van der Waals surface area contributed by atoms with E-state index in [0.717, 1.165) is 11.8 Å². The lowest BCUT2D eigenvalue weighted by atomic mass is 9.95. The SMILES string of the molecule is C=CCCCCCCCCCC(C)CCCCC(C)C. The maximum absolute atomic E-state index is 3.77. The van der Waals surface area contributed by atoms with Gasteiger partial charge in [-0.25, -0.2) is 0 Å². The van der Waals surface area contributed by atoms with E-state index >= 15 is 0 Å². The minimum absolute atomic E-state index is 0.886. The average molecular weight is 281 g/mol. The highest BCUT2D eigenvalue weighted by Crippen LogP contribution is 2.18. The third-order valence-electron chi connectivity index (χ3n) is 4.33. The zero-order chi connectivity index (χ0) is 15.1. The van der Waals surface area contributed by atoms with Gasteiger partial charge in [0, 0.05) is 0 Å². The van der Waals surface area contributed by atoms with Gasteiger partial charge in [-0.05, 0) is 24.7 Å². The van der Waals surface area contributed by atoms with E-state index in [1.54, 1.807) is 0 Å². The van der Waals surface area contributed by atoms with E-state index in [1.165, 1.54) is 83.5 Å². The second kappa shape index (κ2) is 15.1. The molecule has 0 saturated heterocycles. The van der Waals surface area contributed by atoms with Gasteiger partial charge < -0.3 is 0 Å². The van der Waals surface area contributed by atoms with Gasteiger partial charge in [-0.15, -0.1) is 6.58 Å². The van der Waals surface area contributed by atoms with Crippen LogP contribution in [0.1, 0.15) is 104 Å². The molecule has 0 aromatic rings. The van der Waals surface area contributed by atoms with E-state index < -0.39 is 0 Å². The summed E-state index contributed by atoms with van der Waals surface area (Å²) in [7, 11) is 0. The molecule has 0 saturated carbocycles. The summed E-state index contributed by atoms with van der Waals surface area (Å²) in [5.74, 6) is 1.84. The number of rotatable bonds is 15. The van der Waals surface area contributed by atoms with Crippen molar-refractivity contribution in [2.75, 3.05) is 0 Å². The van der Waals surface area contributed by atoms with E-state index in [-0.39, 0.29) is 0 Å². The summed E-state index contributed by atoms with van der Waals surface area (Å²) in [6.07, 6.45) is 20.4. The molecule has 0 aromatic heterocycles. The zero-order valence-corrected chi connectivity index (χ0v) is 14.6. The van der Waals surface area contributed by atoms with Crippen LogP contribution < -0.4 is 0 Å². The standard InChI is InChI=1S/C20H40/c1-5-6-7-8-9-10-11-12-13-17-20(4)18-15-14-16-19(2)3/h5,19-20H,1,6-18H2,2-4H3. The van der Waals surface area contributed by atoms with Crippen molar-refractivity contribution in [2.45, 2.75) is 104 Å². The molecular formula is C20H40. The van der Waals surface area contributed by atoms with Gasteiger partial charge in [-0.3, -0.25) is 0 Å². The fourth-order valence-electron chi connectivity index (χ4n) is 2.86. The molecule has 0 aliphatic heterocycles. The van der Waals surface area contributed by atoms with E-state index in [2.05, 4.69) is 27.4 Å². The van der Waals surface area contributed by atoms with Crippen LogP contribution in [0.2, 0.25) is 0 Å². The molecule has 0 heterocycles. The van der Waals surface area contributed by atoms with Crippen molar-refractivity contribution in [3.63, 3.8) is 0 Å². The molecule has 0 fully saturated rings. The minimum Gasteiger partial charge on any atom is -0.103 e. The molecule has 0 aliphatic carbocycles. The molecule has 0 aromatic carbocycles. The molecule has 120 valence electrons. The van der Waals surface area contributed by atoms with Gasteiger partial charge in [0.15, 0.2) is 0 Å². The predicted molar refractivity (Wildman–Crippen MR) is 94.2 cm³/mol. The zero-order valence-electron chi connectivity index (χ0n) is 14.6. The van der Waals surface area contributed by atoms with Crippen LogP contribution in [0.3, 0.4) is 0 Å². The van der Waals surface area contributed by atoms with Gasteiger partial charge in [-0.1, -0.05) is 97.5 Å². The van der Waals surface area contributed by atoms with Crippen molar-refractivity contribution in [2.24, 2.45) is 11.8 Å². The molecule has 0 radical (unpaired) electrons. The molecule has 0 N–H and O–H groups in total. The van der Waals surface area contributed by atoms with Crippen LogP contribution in [0.4, 0.5) is 0 Å². The number of allylic oxidation sites excluding steroid dienone is 1. The summed E-state index contributed by atoms with van der Waals surface area (Å²) in [6, 6.07) is 0. The monoisotopic (exact) mass is 280 g/mol. The highest BCUT2D eigenvalue weighted by atomic mass is 14.1. The second-order valence-corrected chi connectivity index (χ2v) is 7.12. The van der Waals surface area contributed by atoms with Crippen molar-refractivity contribution in [3.05, 3.63) is 12.7 Å². The maximum Gasteiger partial charge on any atom is -0.0353 e. The summed E-state index contributed by atoms with van der Waals surface area (Å²) < 4.78 is 0. The van der Waals surface area contributed by atoms with Crippen molar-refractivity contribution in [1.82, 2.24) is 0 Å². The first-order chi connectivity index (χ1) is 9.66. The van der Waals surface area contributed by atoms with Crippen molar-refractivity contribution < 1.29 is 0 Å². The van der Waals surface area contributed by atoms with Crippen LogP contribution >= 0.6 is 0 Å². The number of hydrogen-bond acceptors (Lipinski definition) is 0. The van der Waals surface area contributed by atoms with Crippen molar-refractivity contribution in [1.29, 1.82) is 0 Å². The molecule has 20 heavy (non-hydrogen) atoms. The van der Waals surface area contributed by atoms with Crippen LogP contribution in [0.15, 0.2) is 12.7 Å². The van der Waals surface area contributed by atoms with Gasteiger partial charge >= 0.3 is 0 Å². The predicted octanol–water partition coefficient (Wildman–Crippen LogP) is 7.54. The molecule has 1 atom stereocenters. The lowest BCUT2D eigenvalue weighted by molar-refractivity contribution is 0.422. The highest BCUT2D eigenvalue weighted by molar-refractivity contribution is 4.65. The molecule has 0 amide bonds. The van der Waals surface area contributed by atoms with Gasteiger partial charge in [-0.2, -0.15) is 0 Å². The third-order valence-corrected chi connectivity index (χ3v) is 4.33. The summed E-state index contributed by atoms with van der Waals surface area (Å²) in [5.41, 5.74) is 0. The Kier molecular flexibility index (Phi) is 14.9. The number of unbranched alkanes of at least 4 members (excludes halogenated alkanes) is 8. The van der Waals surface area contributed by atoms with Gasteiger partial charge in [0.1, 0.15) is 0 Å². The lowest BCUT2D eigenvalue weighted by Gasteiger charge is -2.11. The Hall–Kier alpha value is -0.260. The summed E-state index contributed by atoms with van der Waals surface area (Å²) >= 11 is 0. The van der Waals surface area contributed by atoms with E-state index in [4.69, 9.17) is 0 Å². The van der Waals surface area contributed by atoms with Gasteiger partial charge in [0.2, 0.25) is 0 Å². The molecule has 0 aliphatic rings. The lowest BCUT2D eigenvalue weighted by Crippen LogP contribution is -1.96. The summed E-state index contributed by atoms with van der Waals surface area (Å²) in [4.78, 5) is 0. The Morgan fingerprint density at radius 1 is 0.650 bits per heavy atom. The van der Waals surface area contributed by atoms with Crippen LogP contribution in [0.5, 0.6) is 0 Å². The second-order valence-electron chi connectivity index (χ2n) is 7.12. The first-order valence-corrected chi connectivity index (χ1v) is 9.27. The van der Waals surface area contributed by atoms with Crippen LogP contribution in [-0.4, -0.2) is 0 Å². The number of hydrogen-bond donors (Lipinski definition) is 0. The molecule has 0 heteroatoms. The van der Waals surface area contributed by atoms with Gasteiger partial charge in [0.25, 0.3) is 0 Å².